The number of H-pyrrole nitrogens is 1. The number of ether oxygens (including phenoxy) is 1. The van der Waals surface area contributed by atoms with Gasteiger partial charge in [0.05, 0.1) is 23.4 Å². The maximum absolute atomic E-state index is 13.9. The number of fused-ring (bicyclic) bond motifs is 2. The summed E-state index contributed by atoms with van der Waals surface area (Å²) < 4.78 is 32.6. The van der Waals surface area contributed by atoms with E-state index >= 15 is 0 Å². The number of β-amino-alcohol motifs (C(OH)–C–C–N with tert-alkyl or cyclic N) is 2. The summed E-state index contributed by atoms with van der Waals surface area (Å²) in [5.41, 5.74) is 0.788. The Morgan fingerprint density at radius 1 is 1.27 bits per heavy atom. The van der Waals surface area contributed by atoms with Crippen molar-refractivity contribution in [3.05, 3.63) is 59.8 Å². The third-order valence-corrected chi connectivity index (χ3v) is 6.33. The quantitative estimate of drug-likeness (QED) is 0.597. The Hall–Kier alpha value is -2.55. The third-order valence-electron chi connectivity index (χ3n) is 6.33. The second kappa shape index (κ2) is 7.30. The van der Waals surface area contributed by atoms with Crippen LogP contribution in [0.1, 0.15) is 24.5 Å². The summed E-state index contributed by atoms with van der Waals surface area (Å²) in [6.07, 6.45) is 1.68. The van der Waals surface area contributed by atoms with Crippen LogP contribution >= 0.6 is 0 Å². The van der Waals surface area contributed by atoms with Gasteiger partial charge in [0, 0.05) is 43.4 Å². The number of nitrogens with zero attached hydrogens (tertiary/aromatic N) is 2. The van der Waals surface area contributed by atoms with Crippen LogP contribution in [0.2, 0.25) is 0 Å². The van der Waals surface area contributed by atoms with Crippen LogP contribution in [0.4, 0.5) is 8.78 Å². The van der Waals surface area contributed by atoms with E-state index < -0.39 is 23.3 Å². The molecule has 8 heteroatoms. The minimum Gasteiger partial charge on any atom is -0.487 e. The van der Waals surface area contributed by atoms with Crippen molar-refractivity contribution in [1.82, 2.24) is 15.1 Å². The average molecular weight is 415 g/mol. The molecule has 2 fully saturated rings. The maximum Gasteiger partial charge on any atom is 0.167 e. The van der Waals surface area contributed by atoms with Crippen molar-refractivity contribution >= 4 is 10.9 Å². The van der Waals surface area contributed by atoms with Gasteiger partial charge in [-0.05, 0) is 36.2 Å². The van der Waals surface area contributed by atoms with Gasteiger partial charge in [0.25, 0.3) is 0 Å². The molecular weight excluding hydrogens is 392 g/mol. The predicted octanol–water partition coefficient (Wildman–Crippen LogP) is 2.78. The zero-order valence-corrected chi connectivity index (χ0v) is 16.3. The molecule has 158 valence electrons. The van der Waals surface area contributed by atoms with Crippen molar-refractivity contribution in [1.29, 1.82) is 0 Å². The smallest absolute Gasteiger partial charge is 0.167 e. The lowest BCUT2D eigenvalue weighted by Crippen LogP contribution is -2.36. The van der Waals surface area contributed by atoms with Gasteiger partial charge < -0.3 is 14.9 Å². The fourth-order valence-electron chi connectivity index (χ4n) is 4.88. The molecule has 3 aromatic rings. The number of likely N-dealkylation sites (tertiary alicyclic amines) is 1. The van der Waals surface area contributed by atoms with E-state index in [1.165, 1.54) is 6.07 Å². The lowest BCUT2D eigenvalue weighted by atomic mass is 9.95. The van der Waals surface area contributed by atoms with Gasteiger partial charge in [-0.2, -0.15) is 5.10 Å². The van der Waals surface area contributed by atoms with Crippen LogP contribution < -0.4 is 4.74 Å². The second-order valence-corrected chi connectivity index (χ2v) is 8.48. The van der Waals surface area contributed by atoms with Gasteiger partial charge in [0.2, 0.25) is 0 Å². The molecule has 0 unspecified atom stereocenters. The third kappa shape index (κ3) is 3.55. The van der Waals surface area contributed by atoms with Crippen molar-refractivity contribution in [3.63, 3.8) is 0 Å². The Balaban J connectivity index is 1.21. The van der Waals surface area contributed by atoms with E-state index in [9.17, 15) is 19.0 Å². The van der Waals surface area contributed by atoms with Crippen molar-refractivity contribution in [2.24, 2.45) is 5.92 Å². The molecule has 0 bridgehead atoms. The first-order valence-electron chi connectivity index (χ1n) is 10.1. The zero-order chi connectivity index (χ0) is 20.9. The fourth-order valence-corrected chi connectivity index (χ4v) is 4.88. The fraction of sp³-hybridized carbons (Fsp3) is 0.409. The van der Waals surface area contributed by atoms with Gasteiger partial charge in [-0.1, -0.05) is 6.07 Å². The number of rotatable bonds is 5. The number of aromatic nitrogens is 2. The van der Waals surface area contributed by atoms with Gasteiger partial charge in [-0.25, -0.2) is 8.78 Å². The highest BCUT2D eigenvalue weighted by molar-refractivity contribution is 5.78. The molecule has 1 saturated carbocycles. The molecule has 0 radical (unpaired) electrons. The highest BCUT2D eigenvalue weighted by atomic mass is 19.1. The molecule has 3 N–H and O–H groups in total. The molecule has 0 spiro atoms. The van der Waals surface area contributed by atoms with Crippen molar-refractivity contribution in [3.8, 4) is 5.75 Å². The Kier molecular flexibility index (Phi) is 4.72. The molecule has 2 aliphatic rings. The molecular formula is C22H23F2N3O3. The van der Waals surface area contributed by atoms with Crippen LogP contribution in [0.25, 0.3) is 10.9 Å². The van der Waals surface area contributed by atoms with E-state index in [0.29, 0.717) is 32.5 Å². The predicted molar refractivity (Wildman–Crippen MR) is 106 cm³/mol. The molecule has 1 aliphatic heterocycles. The van der Waals surface area contributed by atoms with E-state index in [4.69, 9.17) is 4.74 Å². The van der Waals surface area contributed by atoms with E-state index in [1.807, 2.05) is 18.2 Å². The highest BCUT2D eigenvalue weighted by Crippen LogP contribution is 2.43. The minimum atomic E-state index is -0.935. The van der Waals surface area contributed by atoms with Crippen LogP contribution in [-0.4, -0.2) is 56.6 Å². The SMILES string of the molecule is O[C@H](CN1C[C@@H]2C[C@@H](Oc3ccc(F)cc3F)C[C@]2(O)C1)c1ccc2[nH]ncc2c1. The maximum atomic E-state index is 13.9. The van der Waals surface area contributed by atoms with Crippen molar-refractivity contribution < 1.29 is 23.7 Å². The zero-order valence-electron chi connectivity index (χ0n) is 16.3. The first-order valence-corrected chi connectivity index (χ1v) is 10.1. The molecule has 0 amide bonds. The standard InChI is InChI=1S/C22H23F2N3O3/c23-16-2-4-21(18(24)7-16)30-17-6-15-10-27(12-22(15,29)8-17)11-20(28)13-1-3-19-14(5-13)9-25-26-19/h1-5,7,9,15,17,20,28-29H,6,8,10-12H2,(H,25,26)/t15-,17+,20+,22-/m0/s1. The average Bonchev–Trinajstić information content (AvgIpc) is 3.35. The molecule has 30 heavy (non-hydrogen) atoms. The largest absolute Gasteiger partial charge is 0.487 e. The lowest BCUT2D eigenvalue weighted by Gasteiger charge is -2.25. The molecule has 2 heterocycles. The molecule has 6 nitrogen and oxygen atoms in total. The van der Waals surface area contributed by atoms with Gasteiger partial charge >= 0.3 is 0 Å². The molecule has 5 rings (SSSR count). The number of halogens is 2. The number of nitrogens with one attached hydrogen (secondary N) is 1. The van der Waals surface area contributed by atoms with Gasteiger partial charge in [0.1, 0.15) is 11.9 Å². The van der Waals surface area contributed by atoms with E-state index in [1.54, 1.807) is 6.20 Å². The Morgan fingerprint density at radius 3 is 2.93 bits per heavy atom. The summed E-state index contributed by atoms with van der Waals surface area (Å²) in [4.78, 5) is 2.06. The topological polar surface area (TPSA) is 81.6 Å². The Bertz CT molecular complexity index is 1070. The summed E-state index contributed by atoms with van der Waals surface area (Å²) in [6, 6.07) is 8.91. The monoisotopic (exact) mass is 415 g/mol. The van der Waals surface area contributed by atoms with E-state index in [0.717, 1.165) is 28.6 Å². The number of aromatic amines is 1. The summed E-state index contributed by atoms with van der Waals surface area (Å²) in [7, 11) is 0. The van der Waals surface area contributed by atoms with Crippen LogP contribution in [-0.2, 0) is 0 Å². The number of aliphatic hydroxyl groups is 2. The molecule has 1 aliphatic carbocycles. The van der Waals surface area contributed by atoms with Crippen molar-refractivity contribution in [2.45, 2.75) is 30.7 Å². The number of hydrogen-bond acceptors (Lipinski definition) is 5. The second-order valence-electron chi connectivity index (χ2n) is 8.48. The minimum absolute atomic E-state index is 0.00638. The van der Waals surface area contributed by atoms with Gasteiger partial charge in [-0.15, -0.1) is 0 Å². The van der Waals surface area contributed by atoms with Crippen LogP contribution in [0.15, 0.2) is 42.6 Å². The molecule has 1 aromatic heterocycles. The Labute approximate surface area is 172 Å². The first-order chi connectivity index (χ1) is 14.4. The molecule has 1 saturated heterocycles. The summed E-state index contributed by atoms with van der Waals surface area (Å²) in [6.45, 7) is 1.47. The normalized spacial score (nSPS) is 27.5. The van der Waals surface area contributed by atoms with Crippen LogP contribution in [0.5, 0.6) is 5.75 Å². The summed E-state index contributed by atoms with van der Waals surface area (Å²) in [5.74, 6) is -1.40. The van der Waals surface area contributed by atoms with Crippen molar-refractivity contribution in [2.75, 3.05) is 19.6 Å². The van der Waals surface area contributed by atoms with E-state index in [-0.39, 0.29) is 17.8 Å². The molecule has 4 atom stereocenters. The highest BCUT2D eigenvalue weighted by Gasteiger charge is 2.52. The lowest BCUT2D eigenvalue weighted by molar-refractivity contribution is 0.0175. The number of hydrogen-bond donors (Lipinski definition) is 3. The Morgan fingerprint density at radius 2 is 2.13 bits per heavy atom. The summed E-state index contributed by atoms with van der Waals surface area (Å²) >= 11 is 0. The van der Waals surface area contributed by atoms with Gasteiger partial charge in [0.15, 0.2) is 11.6 Å². The van der Waals surface area contributed by atoms with Crippen LogP contribution in [0.3, 0.4) is 0 Å². The number of aliphatic hydroxyl groups excluding tert-OH is 1. The van der Waals surface area contributed by atoms with Crippen LogP contribution in [0, 0.1) is 17.6 Å². The summed E-state index contributed by atoms with van der Waals surface area (Å²) in [5, 5.41) is 29.6. The first kappa shape index (κ1) is 19.4. The number of benzene rings is 2. The van der Waals surface area contributed by atoms with Gasteiger partial charge in [-0.3, -0.25) is 10.00 Å². The molecule has 2 aromatic carbocycles. The van der Waals surface area contributed by atoms with E-state index in [2.05, 4.69) is 15.1 Å².